The summed E-state index contributed by atoms with van der Waals surface area (Å²) >= 11 is 0. The van der Waals surface area contributed by atoms with Crippen LogP contribution in [0.1, 0.15) is 37.3 Å². The van der Waals surface area contributed by atoms with E-state index in [-0.39, 0.29) is 6.42 Å². The van der Waals surface area contributed by atoms with Crippen LogP contribution < -0.4 is 5.32 Å². The lowest BCUT2D eigenvalue weighted by atomic mass is 10.0. The molecule has 1 aromatic rings. The molecule has 3 nitrogen and oxygen atoms in total. The van der Waals surface area contributed by atoms with Crippen molar-refractivity contribution in [3.05, 3.63) is 29.3 Å². The Kier molecular flexibility index (Phi) is 4.35. The Hall–Kier alpha value is -1.51. The molecule has 88 valence electrons. The van der Waals surface area contributed by atoms with Gasteiger partial charge in [0.05, 0.1) is 6.42 Å². The van der Waals surface area contributed by atoms with Crippen LogP contribution in [-0.2, 0) is 4.79 Å². The number of hydrogen-bond acceptors (Lipinski definition) is 2. The number of hydrogen-bond donors (Lipinski definition) is 2. The largest absolute Gasteiger partial charge is 0.481 e. The highest BCUT2D eigenvalue weighted by molar-refractivity contribution is 5.67. The predicted octanol–water partition coefficient (Wildman–Crippen LogP) is 3.01. The highest BCUT2D eigenvalue weighted by Crippen LogP contribution is 2.22. The molecule has 0 unspecified atom stereocenters. The summed E-state index contributed by atoms with van der Waals surface area (Å²) in [5.74, 6) is -0.286. The Labute approximate surface area is 96.5 Å². The van der Waals surface area contributed by atoms with Crippen LogP contribution in [0.4, 0.5) is 5.69 Å². The molecule has 0 aliphatic carbocycles. The van der Waals surface area contributed by atoms with Crippen LogP contribution in [0.15, 0.2) is 18.2 Å². The zero-order valence-electron chi connectivity index (χ0n) is 10.1. The quantitative estimate of drug-likeness (QED) is 0.803. The first-order valence-corrected chi connectivity index (χ1v) is 5.57. The molecular weight excluding hydrogens is 202 g/mol. The van der Waals surface area contributed by atoms with Gasteiger partial charge in [-0.3, -0.25) is 4.79 Å². The monoisotopic (exact) mass is 221 g/mol. The average molecular weight is 221 g/mol. The Morgan fingerprint density at radius 1 is 1.44 bits per heavy atom. The van der Waals surface area contributed by atoms with E-state index >= 15 is 0 Å². The fraction of sp³-hybridized carbons (Fsp3) is 0.462. The van der Waals surface area contributed by atoms with Crippen LogP contribution in [0, 0.1) is 6.92 Å². The summed E-state index contributed by atoms with van der Waals surface area (Å²) in [4.78, 5) is 10.4. The smallest absolute Gasteiger partial charge is 0.305 e. The second-order valence-corrected chi connectivity index (χ2v) is 4.30. The molecule has 0 spiro atoms. The summed E-state index contributed by atoms with van der Waals surface area (Å²) in [6.07, 6.45) is 0.144. The Bertz CT molecular complexity index is 372. The third-order valence-electron chi connectivity index (χ3n) is 2.58. The summed E-state index contributed by atoms with van der Waals surface area (Å²) in [7, 11) is 0. The number of aliphatic carboxylic acids is 1. The van der Waals surface area contributed by atoms with Gasteiger partial charge in [-0.05, 0) is 30.0 Å². The molecule has 1 rings (SSSR count). The van der Waals surface area contributed by atoms with Gasteiger partial charge in [-0.25, -0.2) is 0 Å². The molecule has 1 aromatic carbocycles. The first-order chi connectivity index (χ1) is 7.50. The van der Waals surface area contributed by atoms with Crippen LogP contribution >= 0.6 is 0 Å². The van der Waals surface area contributed by atoms with E-state index in [0.717, 1.165) is 11.3 Å². The second-order valence-electron chi connectivity index (χ2n) is 4.30. The third-order valence-corrected chi connectivity index (χ3v) is 2.58. The number of carboxylic acid groups (broad SMARTS) is 1. The number of nitrogens with one attached hydrogen (secondary N) is 1. The maximum Gasteiger partial charge on any atom is 0.305 e. The number of carboxylic acids is 1. The average Bonchev–Trinajstić information content (AvgIpc) is 2.20. The van der Waals surface area contributed by atoms with E-state index in [9.17, 15) is 4.79 Å². The molecule has 0 saturated heterocycles. The van der Waals surface area contributed by atoms with E-state index in [1.54, 1.807) is 0 Å². The van der Waals surface area contributed by atoms with Crippen molar-refractivity contribution in [2.45, 2.75) is 33.1 Å². The minimum atomic E-state index is -0.773. The number of benzene rings is 1. The lowest BCUT2D eigenvalue weighted by molar-refractivity contribution is -0.136. The van der Waals surface area contributed by atoms with Crippen LogP contribution in [0.2, 0.25) is 0 Å². The van der Waals surface area contributed by atoms with E-state index in [0.29, 0.717) is 12.5 Å². The Morgan fingerprint density at radius 3 is 2.69 bits per heavy atom. The van der Waals surface area contributed by atoms with E-state index in [2.05, 4.69) is 37.4 Å². The van der Waals surface area contributed by atoms with Crippen molar-refractivity contribution in [1.29, 1.82) is 0 Å². The van der Waals surface area contributed by atoms with Crippen molar-refractivity contribution in [3.8, 4) is 0 Å². The molecule has 3 heteroatoms. The van der Waals surface area contributed by atoms with Crippen molar-refractivity contribution in [2.24, 2.45) is 0 Å². The normalized spacial score (nSPS) is 10.5. The lowest BCUT2D eigenvalue weighted by Gasteiger charge is -2.12. The van der Waals surface area contributed by atoms with Gasteiger partial charge in [-0.15, -0.1) is 0 Å². The van der Waals surface area contributed by atoms with Crippen LogP contribution in [-0.4, -0.2) is 17.6 Å². The Balaban J connectivity index is 2.70. The molecule has 0 bridgehead atoms. The maximum atomic E-state index is 10.4. The van der Waals surface area contributed by atoms with Gasteiger partial charge in [-0.2, -0.15) is 0 Å². The summed E-state index contributed by atoms with van der Waals surface area (Å²) in [5, 5.41) is 11.7. The van der Waals surface area contributed by atoms with E-state index in [1.807, 2.05) is 6.92 Å². The molecule has 16 heavy (non-hydrogen) atoms. The van der Waals surface area contributed by atoms with Crippen molar-refractivity contribution in [1.82, 2.24) is 0 Å². The molecule has 0 aliphatic heterocycles. The standard InChI is InChI=1S/C13H19NO2/c1-9(2)11-5-4-10(3)12(8-11)14-7-6-13(15)16/h4-5,8-9,14H,6-7H2,1-3H3,(H,15,16). The fourth-order valence-corrected chi connectivity index (χ4v) is 1.49. The lowest BCUT2D eigenvalue weighted by Crippen LogP contribution is -2.08. The van der Waals surface area contributed by atoms with Crippen molar-refractivity contribution in [2.75, 3.05) is 11.9 Å². The molecule has 0 radical (unpaired) electrons. The fourth-order valence-electron chi connectivity index (χ4n) is 1.49. The zero-order valence-corrected chi connectivity index (χ0v) is 10.1. The molecule has 0 fully saturated rings. The molecule has 0 saturated carbocycles. The Morgan fingerprint density at radius 2 is 2.12 bits per heavy atom. The molecule has 0 heterocycles. The first kappa shape index (κ1) is 12.6. The molecule has 2 N–H and O–H groups in total. The summed E-state index contributed by atoms with van der Waals surface area (Å²) in [6, 6.07) is 6.28. The molecular formula is C13H19NO2. The minimum Gasteiger partial charge on any atom is -0.481 e. The number of anilines is 1. The maximum absolute atomic E-state index is 10.4. The van der Waals surface area contributed by atoms with Gasteiger partial charge in [0.1, 0.15) is 0 Å². The van der Waals surface area contributed by atoms with Gasteiger partial charge in [0.2, 0.25) is 0 Å². The minimum absolute atomic E-state index is 0.144. The van der Waals surface area contributed by atoms with E-state index in [4.69, 9.17) is 5.11 Å². The predicted molar refractivity (Wildman–Crippen MR) is 66.0 cm³/mol. The molecule has 0 aromatic heterocycles. The third kappa shape index (κ3) is 3.57. The van der Waals surface area contributed by atoms with E-state index < -0.39 is 5.97 Å². The van der Waals surface area contributed by atoms with Crippen LogP contribution in [0.3, 0.4) is 0 Å². The summed E-state index contributed by atoms with van der Waals surface area (Å²) in [6.45, 7) is 6.78. The van der Waals surface area contributed by atoms with Gasteiger partial charge in [-0.1, -0.05) is 26.0 Å². The van der Waals surface area contributed by atoms with Crippen molar-refractivity contribution < 1.29 is 9.90 Å². The molecule has 0 amide bonds. The number of aryl methyl sites for hydroxylation is 1. The number of carbonyl (C=O) groups is 1. The van der Waals surface area contributed by atoms with E-state index in [1.165, 1.54) is 5.56 Å². The molecule has 0 atom stereocenters. The first-order valence-electron chi connectivity index (χ1n) is 5.57. The van der Waals surface area contributed by atoms with Gasteiger partial charge in [0.25, 0.3) is 0 Å². The molecule has 0 aliphatic rings. The van der Waals surface area contributed by atoms with Crippen LogP contribution in [0.25, 0.3) is 0 Å². The van der Waals surface area contributed by atoms with Gasteiger partial charge in [0, 0.05) is 12.2 Å². The highest BCUT2D eigenvalue weighted by Gasteiger charge is 2.04. The highest BCUT2D eigenvalue weighted by atomic mass is 16.4. The summed E-state index contributed by atoms with van der Waals surface area (Å²) in [5.41, 5.74) is 3.45. The van der Waals surface area contributed by atoms with Gasteiger partial charge >= 0.3 is 5.97 Å². The number of rotatable bonds is 5. The SMILES string of the molecule is Cc1ccc(C(C)C)cc1NCCC(=O)O. The van der Waals surface area contributed by atoms with Crippen LogP contribution in [0.5, 0.6) is 0 Å². The topological polar surface area (TPSA) is 49.3 Å². The zero-order chi connectivity index (χ0) is 12.1. The van der Waals surface area contributed by atoms with Gasteiger partial charge < -0.3 is 10.4 Å². The van der Waals surface area contributed by atoms with Crippen molar-refractivity contribution >= 4 is 11.7 Å². The summed E-state index contributed by atoms with van der Waals surface area (Å²) < 4.78 is 0. The van der Waals surface area contributed by atoms with Crippen molar-refractivity contribution in [3.63, 3.8) is 0 Å². The van der Waals surface area contributed by atoms with Gasteiger partial charge in [0.15, 0.2) is 0 Å². The second kappa shape index (κ2) is 5.54.